The van der Waals surface area contributed by atoms with Crippen molar-refractivity contribution < 1.29 is 9.59 Å². The van der Waals surface area contributed by atoms with Crippen LogP contribution < -0.4 is 5.32 Å². The number of nitrogens with zero attached hydrogens (tertiary/aromatic N) is 1. The maximum absolute atomic E-state index is 12.7. The van der Waals surface area contributed by atoms with E-state index in [1.54, 1.807) is 30.2 Å². The van der Waals surface area contributed by atoms with E-state index < -0.39 is 6.04 Å². The molecule has 3 rings (SSSR count). The lowest BCUT2D eigenvalue weighted by Gasteiger charge is -2.35. The van der Waals surface area contributed by atoms with Crippen LogP contribution in [-0.2, 0) is 22.6 Å². The van der Waals surface area contributed by atoms with Crippen molar-refractivity contribution in [3.63, 3.8) is 0 Å². The van der Waals surface area contributed by atoms with Gasteiger partial charge in [0.05, 0.1) is 0 Å². The Kier molecular flexibility index (Phi) is 5.19. The molecule has 1 N–H and O–H groups in total. The van der Waals surface area contributed by atoms with Crippen molar-refractivity contribution in [1.82, 2.24) is 10.2 Å². The van der Waals surface area contributed by atoms with Gasteiger partial charge in [-0.1, -0.05) is 48.0 Å². The normalized spacial score (nSPS) is 16.6. The number of amides is 2. The van der Waals surface area contributed by atoms with E-state index in [-0.39, 0.29) is 11.8 Å². The molecule has 2 aromatic rings. The number of benzene rings is 2. The molecule has 0 aromatic heterocycles. The van der Waals surface area contributed by atoms with Gasteiger partial charge in [-0.2, -0.15) is 0 Å². The van der Waals surface area contributed by atoms with E-state index in [1.807, 2.05) is 36.4 Å². The van der Waals surface area contributed by atoms with Crippen molar-refractivity contribution in [1.29, 1.82) is 0 Å². The zero-order valence-corrected chi connectivity index (χ0v) is 14.7. The van der Waals surface area contributed by atoms with E-state index in [1.165, 1.54) is 6.08 Å². The standard InChI is InChI=1S/C20H19ClN2O2/c1-22-20(25)18-12-15-4-2-3-5-16(15)13-23(18)19(24)11-8-14-6-9-17(21)10-7-14/h2-11,18H,12-13H2,1H3,(H,22,25)/b11-8+. The van der Waals surface area contributed by atoms with E-state index >= 15 is 0 Å². The molecule has 2 amide bonds. The Morgan fingerprint density at radius 3 is 2.48 bits per heavy atom. The molecule has 0 radical (unpaired) electrons. The number of carbonyl (C=O) groups is 2. The maximum atomic E-state index is 12.7. The van der Waals surface area contributed by atoms with E-state index in [2.05, 4.69) is 5.32 Å². The Labute approximate surface area is 152 Å². The highest BCUT2D eigenvalue weighted by Crippen LogP contribution is 2.24. The molecule has 0 saturated carbocycles. The highest BCUT2D eigenvalue weighted by atomic mass is 35.5. The second-order valence-electron chi connectivity index (χ2n) is 5.95. The molecule has 128 valence electrons. The average Bonchev–Trinajstić information content (AvgIpc) is 2.65. The summed E-state index contributed by atoms with van der Waals surface area (Å²) in [5, 5.41) is 3.31. The SMILES string of the molecule is CNC(=O)C1Cc2ccccc2CN1C(=O)/C=C/c1ccc(Cl)cc1. The lowest BCUT2D eigenvalue weighted by molar-refractivity contribution is -0.138. The van der Waals surface area contributed by atoms with Gasteiger partial charge in [0.25, 0.3) is 0 Å². The van der Waals surface area contributed by atoms with Gasteiger partial charge in [-0.3, -0.25) is 9.59 Å². The summed E-state index contributed by atoms with van der Waals surface area (Å²) in [5.41, 5.74) is 3.07. The van der Waals surface area contributed by atoms with Crippen molar-refractivity contribution in [2.24, 2.45) is 0 Å². The molecule has 0 fully saturated rings. The van der Waals surface area contributed by atoms with Crippen molar-refractivity contribution >= 4 is 29.5 Å². The topological polar surface area (TPSA) is 49.4 Å². The minimum atomic E-state index is -0.498. The summed E-state index contributed by atoms with van der Waals surface area (Å²) in [6.07, 6.45) is 3.77. The van der Waals surface area contributed by atoms with E-state index in [0.717, 1.165) is 16.7 Å². The van der Waals surface area contributed by atoms with Crippen LogP contribution in [0.15, 0.2) is 54.6 Å². The predicted octanol–water partition coefficient (Wildman–Crippen LogP) is 3.05. The molecule has 0 saturated heterocycles. The molecule has 1 unspecified atom stereocenters. The van der Waals surface area contributed by atoms with Crippen LogP contribution in [0.5, 0.6) is 0 Å². The van der Waals surface area contributed by atoms with Crippen LogP contribution in [-0.4, -0.2) is 29.8 Å². The Hall–Kier alpha value is -2.59. The van der Waals surface area contributed by atoms with Crippen molar-refractivity contribution in [2.75, 3.05) is 7.05 Å². The van der Waals surface area contributed by atoms with Crippen LogP contribution in [0.4, 0.5) is 0 Å². The van der Waals surface area contributed by atoms with Crippen LogP contribution in [0, 0.1) is 0 Å². The number of carbonyl (C=O) groups excluding carboxylic acids is 2. The Balaban J connectivity index is 1.83. The summed E-state index contributed by atoms with van der Waals surface area (Å²) >= 11 is 5.87. The first-order valence-corrected chi connectivity index (χ1v) is 8.49. The zero-order chi connectivity index (χ0) is 17.8. The van der Waals surface area contributed by atoms with E-state index in [4.69, 9.17) is 11.6 Å². The second kappa shape index (κ2) is 7.53. The molecule has 4 nitrogen and oxygen atoms in total. The first-order chi connectivity index (χ1) is 12.1. The second-order valence-corrected chi connectivity index (χ2v) is 6.39. The summed E-state index contributed by atoms with van der Waals surface area (Å²) in [6.45, 7) is 0.429. The van der Waals surface area contributed by atoms with Gasteiger partial charge in [0.15, 0.2) is 0 Å². The van der Waals surface area contributed by atoms with Crippen LogP contribution in [0.2, 0.25) is 5.02 Å². The van der Waals surface area contributed by atoms with Crippen molar-refractivity contribution in [3.05, 3.63) is 76.3 Å². The fraction of sp³-hybridized carbons (Fsp3) is 0.200. The lowest BCUT2D eigenvalue weighted by atomic mass is 9.93. The molecule has 2 aromatic carbocycles. The predicted molar refractivity (Wildman–Crippen MR) is 99.0 cm³/mol. The van der Waals surface area contributed by atoms with Gasteiger partial charge in [-0.25, -0.2) is 0 Å². The fourth-order valence-corrected chi connectivity index (χ4v) is 3.12. The van der Waals surface area contributed by atoms with Crippen LogP contribution in [0.1, 0.15) is 16.7 Å². The van der Waals surface area contributed by atoms with Gasteiger partial charge >= 0.3 is 0 Å². The lowest BCUT2D eigenvalue weighted by Crippen LogP contribution is -2.51. The maximum Gasteiger partial charge on any atom is 0.247 e. The Bertz CT molecular complexity index is 815. The number of likely N-dealkylation sites (N-methyl/N-ethyl adjacent to an activating group) is 1. The largest absolute Gasteiger partial charge is 0.357 e. The minimum absolute atomic E-state index is 0.150. The summed E-state index contributed by atoms with van der Waals surface area (Å²) in [7, 11) is 1.59. The molecule has 0 bridgehead atoms. The Morgan fingerprint density at radius 2 is 1.80 bits per heavy atom. The number of hydrogen-bond donors (Lipinski definition) is 1. The Morgan fingerprint density at radius 1 is 1.12 bits per heavy atom. The molecular weight excluding hydrogens is 336 g/mol. The summed E-state index contributed by atoms with van der Waals surface area (Å²) in [4.78, 5) is 26.6. The zero-order valence-electron chi connectivity index (χ0n) is 13.9. The fourth-order valence-electron chi connectivity index (χ4n) is 2.99. The monoisotopic (exact) mass is 354 g/mol. The molecule has 25 heavy (non-hydrogen) atoms. The van der Waals surface area contributed by atoms with Gasteiger partial charge in [0, 0.05) is 31.1 Å². The van der Waals surface area contributed by atoms with Gasteiger partial charge in [0.2, 0.25) is 11.8 Å². The quantitative estimate of drug-likeness (QED) is 0.861. The minimum Gasteiger partial charge on any atom is -0.357 e. The highest BCUT2D eigenvalue weighted by molar-refractivity contribution is 6.30. The molecule has 1 heterocycles. The first-order valence-electron chi connectivity index (χ1n) is 8.11. The van der Waals surface area contributed by atoms with E-state index in [0.29, 0.717) is 18.0 Å². The van der Waals surface area contributed by atoms with Crippen LogP contribution >= 0.6 is 11.6 Å². The third-order valence-electron chi connectivity index (χ3n) is 4.37. The summed E-state index contributed by atoms with van der Waals surface area (Å²) in [5.74, 6) is -0.333. The summed E-state index contributed by atoms with van der Waals surface area (Å²) < 4.78 is 0. The average molecular weight is 355 g/mol. The molecule has 0 spiro atoms. The molecule has 1 atom stereocenters. The number of fused-ring (bicyclic) bond motifs is 1. The van der Waals surface area contributed by atoms with Crippen molar-refractivity contribution in [2.45, 2.75) is 19.0 Å². The molecule has 1 aliphatic rings. The van der Waals surface area contributed by atoms with Crippen LogP contribution in [0.25, 0.3) is 6.08 Å². The van der Waals surface area contributed by atoms with E-state index in [9.17, 15) is 9.59 Å². The highest BCUT2D eigenvalue weighted by Gasteiger charge is 2.33. The van der Waals surface area contributed by atoms with Gasteiger partial charge in [-0.15, -0.1) is 0 Å². The number of hydrogen-bond acceptors (Lipinski definition) is 2. The number of rotatable bonds is 3. The van der Waals surface area contributed by atoms with Crippen molar-refractivity contribution in [3.8, 4) is 0 Å². The molecule has 5 heteroatoms. The molecule has 0 aliphatic carbocycles. The van der Waals surface area contributed by atoms with Gasteiger partial charge in [0.1, 0.15) is 6.04 Å². The summed E-state index contributed by atoms with van der Waals surface area (Å²) in [6, 6.07) is 14.6. The van der Waals surface area contributed by atoms with Crippen LogP contribution in [0.3, 0.4) is 0 Å². The smallest absolute Gasteiger partial charge is 0.247 e. The number of nitrogens with one attached hydrogen (secondary N) is 1. The van der Waals surface area contributed by atoms with Gasteiger partial charge < -0.3 is 10.2 Å². The third-order valence-corrected chi connectivity index (χ3v) is 4.62. The number of halogens is 1. The first kappa shape index (κ1) is 17.2. The third kappa shape index (κ3) is 3.91. The van der Waals surface area contributed by atoms with Gasteiger partial charge in [-0.05, 0) is 34.9 Å². The molecular formula is C20H19ClN2O2. The molecule has 1 aliphatic heterocycles.